The van der Waals surface area contributed by atoms with Crippen LogP contribution in [0.1, 0.15) is 15.3 Å². The van der Waals surface area contributed by atoms with Crippen molar-refractivity contribution < 1.29 is 1.43 Å². The number of rotatable bonds is 2. The molecule has 0 spiro atoms. The second kappa shape index (κ2) is 3.87. The molecular weight excluding hydrogens is 156 g/mol. The molecule has 6 heavy (non-hydrogen) atoms. The van der Waals surface area contributed by atoms with Crippen molar-refractivity contribution in [2.75, 3.05) is 0 Å². The van der Waals surface area contributed by atoms with E-state index in [2.05, 4.69) is 29.1 Å². The van der Waals surface area contributed by atoms with Crippen molar-refractivity contribution >= 4 is 22.7 Å². The van der Waals surface area contributed by atoms with E-state index >= 15 is 0 Å². The van der Waals surface area contributed by atoms with Crippen LogP contribution < -0.4 is 0 Å². The van der Waals surface area contributed by atoms with Gasteiger partial charge in [-0.15, -0.1) is 15.3 Å². The first kappa shape index (κ1) is 6.70. The van der Waals surface area contributed by atoms with Crippen molar-refractivity contribution in [1.82, 2.24) is 0 Å². The predicted octanol–water partition coefficient (Wildman–Crippen LogP) is 2.26. The molecular formula is C4H12BrSi+. The lowest BCUT2D eigenvalue weighted by Gasteiger charge is -1.93. The van der Waals surface area contributed by atoms with Gasteiger partial charge in [0.15, 0.2) is 0 Å². The van der Waals surface area contributed by atoms with Gasteiger partial charge in [0.1, 0.15) is 7.42 Å². The van der Waals surface area contributed by atoms with Gasteiger partial charge in [0.2, 0.25) is 0 Å². The third-order valence-electron chi connectivity index (χ3n) is 0.886. The maximum Gasteiger partial charge on any atom is 1.00 e. The molecule has 0 heterocycles. The first-order valence-corrected chi connectivity index (χ1v) is 7.27. The van der Waals surface area contributed by atoms with Gasteiger partial charge in [-0.1, -0.05) is 25.9 Å². The molecule has 0 nitrogen and oxygen atoms in total. The van der Waals surface area contributed by atoms with Gasteiger partial charge in [0, 0.05) is 0 Å². The van der Waals surface area contributed by atoms with E-state index in [0.29, 0.717) is 0 Å². The Hall–Kier alpha value is 0.697. The lowest BCUT2D eigenvalue weighted by molar-refractivity contribution is 1.35. The highest BCUT2D eigenvalue weighted by Gasteiger charge is 1.94. The van der Waals surface area contributed by atoms with Crippen LogP contribution in [0.25, 0.3) is 0 Å². The highest BCUT2D eigenvalue weighted by Crippen LogP contribution is 2.03. The van der Waals surface area contributed by atoms with Crippen molar-refractivity contribution in [2.24, 2.45) is 0 Å². The summed E-state index contributed by atoms with van der Waals surface area (Å²) in [7, 11) is -0.348. The van der Waals surface area contributed by atoms with Crippen LogP contribution in [-0.4, -0.2) is 7.42 Å². The zero-order chi connectivity index (χ0) is 4.99. The average molecular weight is 168 g/mol. The molecule has 0 saturated heterocycles. The average Bonchev–Trinajstić information content (AvgIpc) is 1.65. The van der Waals surface area contributed by atoms with Gasteiger partial charge in [0.25, 0.3) is 0 Å². The molecule has 0 aliphatic carbocycles. The molecule has 0 N–H and O–H groups in total. The fourth-order valence-electron chi connectivity index (χ4n) is 0.289. The summed E-state index contributed by atoms with van der Waals surface area (Å²) in [6, 6.07) is 2.77. The summed E-state index contributed by atoms with van der Waals surface area (Å²) in [4.78, 5) is 0. The van der Waals surface area contributed by atoms with E-state index in [1.807, 2.05) is 0 Å². The zero-order valence-corrected chi connectivity index (χ0v) is 7.11. The molecule has 0 atom stereocenters. The Morgan fingerprint density at radius 2 is 1.83 bits per heavy atom. The first-order chi connectivity index (χ1) is 2.81. The largest absolute Gasteiger partial charge is 1.00 e. The lowest BCUT2D eigenvalue weighted by atomic mass is 11.0. The Morgan fingerprint density at radius 3 is 1.83 bits per heavy atom. The van der Waals surface area contributed by atoms with Crippen LogP contribution in [0, 0.1) is 0 Å². The van der Waals surface area contributed by atoms with Crippen LogP contribution in [0.5, 0.6) is 0 Å². The normalized spacial score (nSPS) is 10.0. The van der Waals surface area contributed by atoms with Gasteiger partial charge in [-0.2, -0.15) is 0 Å². The van der Waals surface area contributed by atoms with Crippen molar-refractivity contribution in [3.8, 4) is 0 Å². The van der Waals surface area contributed by atoms with Crippen molar-refractivity contribution in [1.29, 1.82) is 0 Å². The zero-order valence-electron chi connectivity index (χ0n) is 5.37. The number of hydrogen-bond acceptors (Lipinski definition) is 0. The van der Waals surface area contributed by atoms with E-state index in [1.165, 1.54) is 12.1 Å². The molecule has 0 fully saturated rings. The van der Waals surface area contributed by atoms with E-state index in [0.717, 1.165) is 0 Å². The van der Waals surface area contributed by atoms with Crippen LogP contribution in [0.3, 0.4) is 0 Å². The molecule has 0 aromatic rings. The summed E-state index contributed by atoms with van der Waals surface area (Å²) in [5.41, 5.74) is 0. The van der Waals surface area contributed by atoms with E-state index < -0.39 is 0 Å². The molecule has 0 aliphatic heterocycles. The Bertz CT molecular complexity index is 30.9. The van der Waals surface area contributed by atoms with Gasteiger partial charge in [0.05, 0.1) is 0 Å². The van der Waals surface area contributed by atoms with Crippen LogP contribution >= 0.6 is 15.3 Å². The maximum atomic E-state index is 3.61. The molecule has 0 rings (SSSR count). The molecule has 0 unspecified atom stereocenters. The van der Waals surface area contributed by atoms with Gasteiger partial charge < -0.3 is 0 Å². The molecule has 0 amide bonds. The van der Waals surface area contributed by atoms with Crippen LogP contribution in [-0.2, 0) is 0 Å². The minimum atomic E-state index is -0.348. The molecule has 0 bridgehead atoms. The summed E-state index contributed by atoms with van der Waals surface area (Å²) in [5, 5.41) is 0. The topological polar surface area (TPSA) is 0 Å². The molecule has 0 aliphatic rings. The van der Waals surface area contributed by atoms with Gasteiger partial charge in [-0.05, 0) is 0 Å². The minimum absolute atomic E-state index is 0. The Labute approximate surface area is 50.6 Å². The van der Waals surface area contributed by atoms with E-state index in [-0.39, 0.29) is 8.84 Å². The standard InChI is InChI=1S/C4H11BrSi/c1-3-6(5)4-2/h6H,3-4H2,1-2H3/p+1. The van der Waals surface area contributed by atoms with E-state index in [4.69, 9.17) is 0 Å². The van der Waals surface area contributed by atoms with Crippen LogP contribution in [0.2, 0.25) is 12.1 Å². The summed E-state index contributed by atoms with van der Waals surface area (Å²) in [6.07, 6.45) is 0. The Morgan fingerprint density at radius 1 is 1.50 bits per heavy atom. The Kier molecular flexibility index (Phi) is 4.32. The molecule has 0 aromatic heterocycles. The lowest BCUT2D eigenvalue weighted by Crippen LogP contribution is -1.94. The summed E-state index contributed by atoms with van der Waals surface area (Å²) in [5.74, 6) is 0. The van der Waals surface area contributed by atoms with E-state index in [1.54, 1.807) is 0 Å². The van der Waals surface area contributed by atoms with Gasteiger partial charge in [-0.25, -0.2) is 0 Å². The summed E-state index contributed by atoms with van der Waals surface area (Å²) >= 11 is 3.61. The second-order valence-electron chi connectivity index (χ2n) is 1.41. The number of hydrogen-bond donors (Lipinski definition) is 0. The molecule has 0 aromatic carbocycles. The summed E-state index contributed by atoms with van der Waals surface area (Å²) in [6.45, 7) is 4.49. The molecule has 0 saturated carbocycles. The first-order valence-electron chi connectivity index (χ1n) is 2.45. The second-order valence-corrected chi connectivity index (χ2v) is 8.13. The highest BCUT2D eigenvalue weighted by molar-refractivity contribution is 9.24. The van der Waals surface area contributed by atoms with Crippen molar-refractivity contribution in [3.63, 3.8) is 0 Å². The fourth-order valence-corrected chi connectivity index (χ4v) is 0.866. The van der Waals surface area contributed by atoms with Crippen molar-refractivity contribution in [3.05, 3.63) is 0 Å². The predicted molar refractivity (Wildman–Crippen MR) is 38.2 cm³/mol. The number of halogens is 1. The van der Waals surface area contributed by atoms with Crippen molar-refractivity contribution in [2.45, 2.75) is 25.9 Å². The molecule has 2 heteroatoms. The Balaban J connectivity index is 0. The third kappa shape index (κ3) is 2.91. The molecule has 0 radical (unpaired) electrons. The van der Waals surface area contributed by atoms with Crippen LogP contribution in [0.15, 0.2) is 0 Å². The monoisotopic (exact) mass is 167 g/mol. The van der Waals surface area contributed by atoms with Crippen LogP contribution in [0.4, 0.5) is 0 Å². The SMILES string of the molecule is CC[SiH](Br)CC.[H+]. The third-order valence-corrected chi connectivity index (χ3v) is 6.54. The highest BCUT2D eigenvalue weighted by atomic mass is 79.9. The summed E-state index contributed by atoms with van der Waals surface area (Å²) < 4.78 is 0. The van der Waals surface area contributed by atoms with E-state index in [9.17, 15) is 0 Å². The fraction of sp³-hybridized carbons (Fsp3) is 1.00. The quantitative estimate of drug-likeness (QED) is 0.438. The minimum Gasteiger partial charge on any atom is -0.131 e. The maximum absolute atomic E-state index is 3.61. The van der Waals surface area contributed by atoms with Gasteiger partial charge >= 0.3 is 1.43 Å². The smallest absolute Gasteiger partial charge is 0.131 e. The molecule has 38 valence electrons. The van der Waals surface area contributed by atoms with Gasteiger partial charge in [-0.3, -0.25) is 0 Å².